The van der Waals surface area contributed by atoms with Gasteiger partial charge in [0.25, 0.3) is 5.91 Å². The number of morpholine rings is 1. The number of methoxy groups -OCH3 is 2. The highest BCUT2D eigenvalue weighted by molar-refractivity contribution is 7.80. The minimum atomic E-state index is -0.275. The summed E-state index contributed by atoms with van der Waals surface area (Å²) in [6, 6.07) is 4.99. The van der Waals surface area contributed by atoms with Gasteiger partial charge in [-0.3, -0.25) is 10.1 Å². The molecule has 1 aliphatic rings. The number of nitrogens with zero attached hydrogens (tertiary/aromatic N) is 1. The average Bonchev–Trinajstić information content (AvgIpc) is 2.53. The summed E-state index contributed by atoms with van der Waals surface area (Å²) in [5, 5.41) is 3.17. The second kappa shape index (κ2) is 7.61. The van der Waals surface area contributed by atoms with Crippen molar-refractivity contribution in [3.8, 4) is 11.5 Å². The minimum absolute atomic E-state index is 0.0784. The van der Waals surface area contributed by atoms with E-state index in [9.17, 15) is 4.79 Å². The van der Waals surface area contributed by atoms with Gasteiger partial charge in [0.15, 0.2) is 16.6 Å². The summed E-state index contributed by atoms with van der Waals surface area (Å²) >= 11 is 5.35. The standard InChI is InChI=1S/C16H22N2O4S/c1-10-8-18(9-11(2)22-10)16(23)17-15(19)12-5-6-13(20-3)14(7-12)21-4/h5-7,10-11H,8-9H2,1-4H3,(H,17,19,23)/t10-,11-/m0/s1. The zero-order chi connectivity index (χ0) is 17.0. The van der Waals surface area contributed by atoms with E-state index < -0.39 is 0 Å². The van der Waals surface area contributed by atoms with Crippen molar-refractivity contribution in [3.05, 3.63) is 23.8 Å². The quantitative estimate of drug-likeness (QED) is 0.849. The number of nitrogens with one attached hydrogen (secondary N) is 1. The van der Waals surface area contributed by atoms with Crippen LogP contribution in [0.4, 0.5) is 0 Å². The Kier molecular flexibility index (Phi) is 5.79. The highest BCUT2D eigenvalue weighted by Crippen LogP contribution is 2.27. The summed E-state index contributed by atoms with van der Waals surface area (Å²) in [6.45, 7) is 5.30. The topological polar surface area (TPSA) is 60.0 Å². The summed E-state index contributed by atoms with van der Waals surface area (Å²) in [5.41, 5.74) is 0.458. The molecule has 1 N–H and O–H groups in total. The van der Waals surface area contributed by atoms with Gasteiger partial charge in [-0.1, -0.05) is 0 Å². The third kappa shape index (κ3) is 4.33. The van der Waals surface area contributed by atoms with Gasteiger partial charge in [-0.05, 0) is 44.3 Å². The van der Waals surface area contributed by atoms with Crippen LogP contribution < -0.4 is 14.8 Å². The maximum absolute atomic E-state index is 12.4. The van der Waals surface area contributed by atoms with E-state index in [1.54, 1.807) is 25.3 Å². The number of benzene rings is 1. The average molecular weight is 338 g/mol. The molecule has 0 aromatic heterocycles. The Morgan fingerprint density at radius 1 is 1.22 bits per heavy atom. The Balaban J connectivity index is 2.05. The van der Waals surface area contributed by atoms with E-state index >= 15 is 0 Å². The maximum atomic E-state index is 12.4. The first-order chi connectivity index (χ1) is 10.9. The van der Waals surface area contributed by atoms with E-state index in [4.69, 9.17) is 26.4 Å². The molecule has 7 heteroatoms. The first-order valence-corrected chi connectivity index (χ1v) is 7.83. The van der Waals surface area contributed by atoms with Crippen LogP contribution in [-0.4, -0.2) is 55.4 Å². The van der Waals surface area contributed by atoms with E-state index in [-0.39, 0.29) is 18.1 Å². The lowest BCUT2D eigenvalue weighted by Gasteiger charge is -2.36. The number of thiocarbonyl (C=S) groups is 1. The normalized spacial score (nSPS) is 20.8. The predicted octanol–water partition coefficient (Wildman–Crippen LogP) is 1.83. The number of ether oxygens (including phenoxy) is 3. The molecule has 6 nitrogen and oxygen atoms in total. The molecule has 1 aromatic carbocycles. The smallest absolute Gasteiger partial charge is 0.257 e. The monoisotopic (exact) mass is 338 g/mol. The van der Waals surface area contributed by atoms with Gasteiger partial charge in [0, 0.05) is 18.7 Å². The fourth-order valence-electron chi connectivity index (χ4n) is 2.57. The molecule has 0 bridgehead atoms. The molecular formula is C16H22N2O4S. The van der Waals surface area contributed by atoms with Crippen LogP contribution in [0.2, 0.25) is 0 Å². The fraction of sp³-hybridized carbons (Fsp3) is 0.500. The van der Waals surface area contributed by atoms with Crippen LogP contribution in [0.3, 0.4) is 0 Å². The van der Waals surface area contributed by atoms with Crippen molar-refractivity contribution >= 4 is 23.2 Å². The van der Waals surface area contributed by atoms with Crippen LogP contribution in [0.5, 0.6) is 11.5 Å². The van der Waals surface area contributed by atoms with Gasteiger partial charge in [-0.2, -0.15) is 0 Å². The van der Waals surface area contributed by atoms with Crippen LogP contribution in [0.25, 0.3) is 0 Å². The van der Waals surface area contributed by atoms with Gasteiger partial charge in [-0.15, -0.1) is 0 Å². The Morgan fingerprint density at radius 3 is 2.39 bits per heavy atom. The molecule has 0 unspecified atom stereocenters. The third-order valence-corrected chi connectivity index (χ3v) is 3.93. The SMILES string of the molecule is COc1ccc(C(=O)NC(=S)N2C[C@H](C)O[C@@H](C)C2)cc1OC. The van der Waals surface area contributed by atoms with Crippen molar-refractivity contribution in [3.63, 3.8) is 0 Å². The van der Waals surface area contributed by atoms with Crippen molar-refractivity contribution < 1.29 is 19.0 Å². The molecule has 0 spiro atoms. The van der Waals surface area contributed by atoms with Gasteiger partial charge in [0.05, 0.1) is 26.4 Å². The second-order valence-corrected chi connectivity index (χ2v) is 5.88. The first-order valence-electron chi connectivity index (χ1n) is 7.42. The Labute approximate surface area is 141 Å². The summed E-state index contributed by atoms with van der Waals surface area (Å²) in [7, 11) is 3.08. The van der Waals surface area contributed by atoms with Crippen LogP contribution in [0.1, 0.15) is 24.2 Å². The van der Waals surface area contributed by atoms with Gasteiger partial charge in [0.1, 0.15) is 0 Å². The highest BCUT2D eigenvalue weighted by atomic mass is 32.1. The Hall–Kier alpha value is -1.86. The molecule has 2 rings (SSSR count). The van der Waals surface area contributed by atoms with Crippen molar-refractivity contribution in [2.24, 2.45) is 0 Å². The molecule has 23 heavy (non-hydrogen) atoms. The molecule has 1 aromatic rings. The lowest BCUT2D eigenvalue weighted by Crippen LogP contribution is -2.52. The molecule has 0 radical (unpaired) electrons. The molecular weight excluding hydrogens is 316 g/mol. The number of carbonyl (C=O) groups excluding carboxylic acids is 1. The molecule has 1 heterocycles. The van der Waals surface area contributed by atoms with Gasteiger partial charge in [-0.25, -0.2) is 0 Å². The van der Waals surface area contributed by atoms with Crippen LogP contribution >= 0.6 is 12.2 Å². The van der Waals surface area contributed by atoms with Gasteiger partial charge >= 0.3 is 0 Å². The molecule has 126 valence electrons. The first kappa shape index (κ1) is 17.5. The Bertz CT molecular complexity index is 583. The van der Waals surface area contributed by atoms with E-state index in [0.29, 0.717) is 35.3 Å². The molecule has 0 saturated carbocycles. The summed E-state index contributed by atoms with van der Waals surface area (Å²) in [6.07, 6.45) is 0.157. The molecule has 1 amide bonds. The minimum Gasteiger partial charge on any atom is -0.493 e. The Morgan fingerprint density at radius 2 is 1.83 bits per heavy atom. The van der Waals surface area contributed by atoms with E-state index in [1.165, 1.54) is 7.11 Å². The number of hydrogen-bond acceptors (Lipinski definition) is 5. The molecule has 0 aliphatic carbocycles. The number of rotatable bonds is 3. The molecule has 1 fully saturated rings. The van der Waals surface area contributed by atoms with Crippen LogP contribution in [0, 0.1) is 0 Å². The molecule has 1 aliphatic heterocycles. The lowest BCUT2D eigenvalue weighted by molar-refractivity contribution is -0.0481. The fourth-order valence-corrected chi connectivity index (χ4v) is 2.81. The van der Waals surface area contributed by atoms with Crippen molar-refractivity contribution in [2.45, 2.75) is 26.1 Å². The zero-order valence-corrected chi connectivity index (χ0v) is 14.6. The van der Waals surface area contributed by atoms with Gasteiger partial charge in [0.2, 0.25) is 0 Å². The number of hydrogen-bond donors (Lipinski definition) is 1. The van der Waals surface area contributed by atoms with Gasteiger partial charge < -0.3 is 19.1 Å². The van der Waals surface area contributed by atoms with Crippen LogP contribution in [0.15, 0.2) is 18.2 Å². The van der Waals surface area contributed by atoms with Crippen molar-refractivity contribution in [2.75, 3.05) is 27.3 Å². The predicted molar refractivity (Wildman–Crippen MR) is 91.2 cm³/mol. The van der Waals surface area contributed by atoms with Crippen molar-refractivity contribution in [1.82, 2.24) is 10.2 Å². The van der Waals surface area contributed by atoms with E-state index in [2.05, 4.69) is 5.32 Å². The van der Waals surface area contributed by atoms with E-state index in [1.807, 2.05) is 18.7 Å². The number of carbonyl (C=O) groups is 1. The third-order valence-electron chi connectivity index (χ3n) is 3.57. The molecule has 2 atom stereocenters. The maximum Gasteiger partial charge on any atom is 0.257 e. The zero-order valence-electron chi connectivity index (χ0n) is 13.8. The van der Waals surface area contributed by atoms with E-state index in [0.717, 1.165) is 0 Å². The second-order valence-electron chi connectivity index (χ2n) is 5.49. The largest absolute Gasteiger partial charge is 0.493 e. The summed E-state index contributed by atoms with van der Waals surface area (Å²) in [4.78, 5) is 14.3. The molecule has 1 saturated heterocycles. The van der Waals surface area contributed by atoms with Crippen molar-refractivity contribution in [1.29, 1.82) is 0 Å². The lowest BCUT2D eigenvalue weighted by atomic mass is 10.2. The van der Waals surface area contributed by atoms with Crippen LogP contribution in [-0.2, 0) is 4.74 Å². The summed E-state index contributed by atoms with van der Waals surface area (Å²) in [5.74, 6) is 0.796. The number of amides is 1. The summed E-state index contributed by atoms with van der Waals surface area (Å²) < 4.78 is 16.0. The highest BCUT2D eigenvalue weighted by Gasteiger charge is 2.25.